The molecule has 3 nitrogen and oxygen atoms in total. The van der Waals surface area contributed by atoms with Gasteiger partial charge in [0, 0.05) is 24.6 Å². The van der Waals surface area contributed by atoms with Gasteiger partial charge in [-0.1, -0.05) is 36.7 Å². The van der Waals surface area contributed by atoms with Crippen molar-refractivity contribution in [2.45, 2.75) is 32.7 Å². The summed E-state index contributed by atoms with van der Waals surface area (Å²) in [6, 6.07) is 9.98. The summed E-state index contributed by atoms with van der Waals surface area (Å²) in [5.74, 6) is 1.76. The Morgan fingerprint density at radius 2 is 2.00 bits per heavy atom. The molecule has 0 saturated heterocycles. The van der Waals surface area contributed by atoms with E-state index in [-0.39, 0.29) is 6.04 Å². The molecule has 1 aromatic carbocycles. The molecule has 0 aliphatic carbocycles. The van der Waals surface area contributed by atoms with E-state index in [0.717, 1.165) is 39.7 Å². The Bertz CT molecular complexity index is 618. The molecular formula is C16H19BrClN3. The minimum absolute atomic E-state index is 0.134. The monoisotopic (exact) mass is 367 g/mol. The van der Waals surface area contributed by atoms with E-state index in [0.29, 0.717) is 0 Å². The second-order valence-corrected chi connectivity index (χ2v) is 6.24. The van der Waals surface area contributed by atoms with Crippen molar-refractivity contribution in [2.24, 2.45) is 0 Å². The van der Waals surface area contributed by atoms with E-state index in [4.69, 9.17) is 11.6 Å². The van der Waals surface area contributed by atoms with Gasteiger partial charge >= 0.3 is 0 Å². The smallest absolute Gasteiger partial charge is 0.133 e. The number of hydrogen-bond donors (Lipinski definition) is 0. The van der Waals surface area contributed by atoms with E-state index in [1.54, 1.807) is 0 Å². The van der Waals surface area contributed by atoms with Gasteiger partial charge in [-0.25, -0.2) is 9.97 Å². The average molecular weight is 369 g/mol. The van der Waals surface area contributed by atoms with Crippen LogP contribution in [0.5, 0.6) is 0 Å². The van der Waals surface area contributed by atoms with Crippen LogP contribution in [0.1, 0.15) is 37.7 Å². The summed E-state index contributed by atoms with van der Waals surface area (Å²) >= 11 is 9.76. The molecular weight excluding hydrogens is 350 g/mol. The molecule has 0 spiro atoms. The average Bonchev–Trinajstić information content (AvgIpc) is 2.46. The Hall–Kier alpha value is -1.13. The zero-order valence-corrected chi connectivity index (χ0v) is 14.8. The summed E-state index contributed by atoms with van der Waals surface area (Å²) in [5, 5.41) is 0.777. The first kappa shape index (κ1) is 16.2. The van der Waals surface area contributed by atoms with Gasteiger partial charge in [-0.2, -0.15) is 0 Å². The van der Waals surface area contributed by atoms with E-state index < -0.39 is 0 Å². The van der Waals surface area contributed by atoms with Gasteiger partial charge in [0.05, 0.1) is 6.04 Å². The zero-order valence-electron chi connectivity index (χ0n) is 12.5. The SMILES string of the molecule is CCCc1nc(Br)cc(N(C)C(C)c2ccccc2Cl)n1. The van der Waals surface area contributed by atoms with Crippen LogP contribution in [0.3, 0.4) is 0 Å². The van der Waals surface area contributed by atoms with Gasteiger partial charge in [0.1, 0.15) is 16.2 Å². The van der Waals surface area contributed by atoms with Crippen molar-refractivity contribution in [1.29, 1.82) is 0 Å². The largest absolute Gasteiger partial charge is 0.353 e. The quantitative estimate of drug-likeness (QED) is 0.692. The Labute approximate surface area is 139 Å². The van der Waals surface area contributed by atoms with Gasteiger partial charge in [0.25, 0.3) is 0 Å². The first-order valence-electron chi connectivity index (χ1n) is 7.03. The molecule has 0 aliphatic rings. The van der Waals surface area contributed by atoms with Crippen LogP contribution in [0.15, 0.2) is 34.9 Å². The number of nitrogens with zero attached hydrogens (tertiary/aromatic N) is 3. The topological polar surface area (TPSA) is 29.0 Å². The Balaban J connectivity index is 2.31. The van der Waals surface area contributed by atoms with Crippen LogP contribution in [-0.4, -0.2) is 17.0 Å². The molecule has 0 N–H and O–H groups in total. The van der Waals surface area contributed by atoms with E-state index in [9.17, 15) is 0 Å². The number of anilines is 1. The molecule has 1 heterocycles. The lowest BCUT2D eigenvalue weighted by Gasteiger charge is -2.27. The fourth-order valence-electron chi connectivity index (χ4n) is 2.19. The molecule has 2 rings (SSSR count). The maximum Gasteiger partial charge on any atom is 0.133 e. The Morgan fingerprint density at radius 1 is 1.29 bits per heavy atom. The number of benzene rings is 1. The van der Waals surface area contributed by atoms with Gasteiger partial charge in [-0.05, 0) is 40.9 Å². The van der Waals surface area contributed by atoms with Crippen molar-refractivity contribution in [3.05, 3.63) is 51.3 Å². The van der Waals surface area contributed by atoms with Crippen molar-refractivity contribution in [3.8, 4) is 0 Å². The lowest BCUT2D eigenvalue weighted by molar-refractivity contribution is 0.717. The molecule has 1 atom stereocenters. The van der Waals surface area contributed by atoms with Crippen LogP contribution >= 0.6 is 27.5 Å². The van der Waals surface area contributed by atoms with E-state index in [1.807, 2.05) is 37.4 Å². The summed E-state index contributed by atoms with van der Waals surface area (Å²) in [6.45, 7) is 4.25. The second kappa shape index (κ2) is 7.23. The minimum Gasteiger partial charge on any atom is -0.353 e. The fraction of sp³-hybridized carbons (Fsp3) is 0.375. The van der Waals surface area contributed by atoms with Gasteiger partial charge in [-0.15, -0.1) is 0 Å². The summed E-state index contributed by atoms with van der Waals surface area (Å²) < 4.78 is 0.814. The van der Waals surface area contributed by atoms with Crippen LogP contribution in [0.2, 0.25) is 5.02 Å². The molecule has 0 fully saturated rings. The highest BCUT2D eigenvalue weighted by atomic mass is 79.9. The van der Waals surface area contributed by atoms with Gasteiger partial charge in [-0.3, -0.25) is 0 Å². The van der Waals surface area contributed by atoms with Crippen LogP contribution in [-0.2, 0) is 6.42 Å². The highest BCUT2D eigenvalue weighted by Crippen LogP contribution is 2.29. The van der Waals surface area contributed by atoms with Crippen LogP contribution in [0, 0.1) is 0 Å². The molecule has 1 unspecified atom stereocenters. The predicted octanol–water partition coefficient (Wildman–Crippen LogP) is 5.04. The maximum atomic E-state index is 6.29. The van der Waals surface area contributed by atoms with Gasteiger partial charge in [0.2, 0.25) is 0 Å². The van der Waals surface area contributed by atoms with E-state index in [2.05, 4.69) is 44.6 Å². The lowest BCUT2D eigenvalue weighted by atomic mass is 10.1. The number of hydrogen-bond acceptors (Lipinski definition) is 3. The van der Waals surface area contributed by atoms with Crippen LogP contribution < -0.4 is 4.90 Å². The van der Waals surface area contributed by atoms with Crippen molar-refractivity contribution in [2.75, 3.05) is 11.9 Å². The molecule has 112 valence electrons. The van der Waals surface area contributed by atoms with Crippen molar-refractivity contribution in [3.63, 3.8) is 0 Å². The number of halogens is 2. The lowest BCUT2D eigenvalue weighted by Crippen LogP contribution is -2.23. The molecule has 0 aliphatic heterocycles. The first-order chi connectivity index (χ1) is 10.0. The van der Waals surface area contributed by atoms with Crippen molar-refractivity contribution >= 4 is 33.3 Å². The molecule has 0 saturated carbocycles. The minimum atomic E-state index is 0.134. The molecule has 21 heavy (non-hydrogen) atoms. The van der Waals surface area contributed by atoms with Crippen molar-refractivity contribution in [1.82, 2.24) is 9.97 Å². The molecule has 0 radical (unpaired) electrons. The normalized spacial score (nSPS) is 12.2. The Kier molecular flexibility index (Phi) is 5.59. The molecule has 1 aromatic heterocycles. The van der Waals surface area contributed by atoms with Crippen molar-refractivity contribution < 1.29 is 0 Å². The maximum absolute atomic E-state index is 6.29. The molecule has 0 bridgehead atoms. The third-order valence-corrected chi connectivity index (χ3v) is 4.25. The Morgan fingerprint density at radius 3 is 2.67 bits per heavy atom. The van der Waals surface area contributed by atoms with E-state index in [1.165, 1.54) is 0 Å². The van der Waals surface area contributed by atoms with Crippen LogP contribution in [0.25, 0.3) is 0 Å². The first-order valence-corrected chi connectivity index (χ1v) is 8.20. The van der Waals surface area contributed by atoms with Crippen LogP contribution in [0.4, 0.5) is 5.82 Å². The predicted molar refractivity (Wildman–Crippen MR) is 92.0 cm³/mol. The third-order valence-electron chi connectivity index (χ3n) is 3.50. The van der Waals surface area contributed by atoms with E-state index >= 15 is 0 Å². The molecule has 2 aromatic rings. The standard InChI is InChI=1S/C16H19BrClN3/c1-4-7-15-19-14(17)10-16(20-15)21(3)11(2)12-8-5-6-9-13(12)18/h5-6,8-11H,4,7H2,1-3H3. The zero-order chi connectivity index (χ0) is 15.4. The number of aromatic nitrogens is 2. The summed E-state index contributed by atoms with van der Waals surface area (Å²) in [6.07, 6.45) is 1.90. The number of rotatable bonds is 5. The molecule has 5 heteroatoms. The van der Waals surface area contributed by atoms with Gasteiger partial charge < -0.3 is 4.90 Å². The number of aryl methyl sites for hydroxylation is 1. The fourth-order valence-corrected chi connectivity index (χ4v) is 2.89. The summed E-state index contributed by atoms with van der Waals surface area (Å²) in [4.78, 5) is 11.2. The molecule has 0 amide bonds. The van der Waals surface area contributed by atoms with Gasteiger partial charge in [0.15, 0.2) is 0 Å². The highest BCUT2D eigenvalue weighted by Gasteiger charge is 2.17. The summed E-state index contributed by atoms with van der Waals surface area (Å²) in [5.41, 5.74) is 1.09. The summed E-state index contributed by atoms with van der Waals surface area (Å²) in [7, 11) is 2.03. The third kappa shape index (κ3) is 3.95. The highest BCUT2D eigenvalue weighted by molar-refractivity contribution is 9.10. The second-order valence-electron chi connectivity index (χ2n) is 5.02.